The molecule has 2 aliphatic heterocycles. The Morgan fingerprint density at radius 1 is 1.14 bits per heavy atom. The summed E-state index contributed by atoms with van der Waals surface area (Å²) < 4.78 is 10.6. The molecule has 0 spiro atoms. The van der Waals surface area contributed by atoms with Gasteiger partial charge in [0, 0.05) is 18.2 Å². The molecule has 4 rings (SSSR count). The minimum atomic E-state index is -1.16. The molecule has 2 aromatic carbocycles. The molecule has 0 aliphatic carbocycles. The third-order valence-corrected chi connectivity index (χ3v) is 5.51. The molecule has 0 saturated heterocycles. The van der Waals surface area contributed by atoms with Gasteiger partial charge in [-0.2, -0.15) is 0 Å². The number of aliphatic imine (C=N–C) groups is 1. The van der Waals surface area contributed by atoms with Crippen molar-refractivity contribution in [3.63, 3.8) is 0 Å². The molecule has 152 valence electrons. The van der Waals surface area contributed by atoms with Crippen LogP contribution in [-0.2, 0) is 11.2 Å². The lowest BCUT2D eigenvalue weighted by molar-refractivity contribution is -0.127. The van der Waals surface area contributed by atoms with E-state index in [2.05, 4.69) is 10.3 Å². The second kappa shape index (κ2) is 8.13. The topological polar surface area (TPSA) is 83.4 Å². The normalized spacial score (nSPS) is 21.1. The molecule has 0 radical (unpaired) electrons. The summed E-state index contributed by atoms with van der Waals surface area (Å²) in [6, 6.07) is 13.1. The number of hydrogen-bond acceptors (Lipinski definition) is 6. The van der Waals surface area contributed by atoms with E-state index in [1.54, 1.807) is 19.1 Å². The third-order valence-electron chi connectivity index (χ3n) is 5.51. The van der Waals surface area contributed by atoms with Crippen LogP contribution >= 0.6 is 0 Å². The molecule has 0 fully saturated rings. The molecule has 29 heavy (non-hydrogen) atoms. The molecule has 7 nitrogen and oxygen atoms in total. The molecule has 2 N–H and O–H groups in total. The zero-order chi connectivity index (χ0) is 20.4. The number of ether oxygens (including phenoxy) is 2. The first kappa shape index (κ1) is 19.3. The fraction of sp³-hybridized carbons (Fsp3) is 0.364. The van der Waals surface area contributed by atoms with Gasteiger partial charge in [-0.15, -0.1) is 0 Å². The largest absolute Gasteiger partial charge is 0.497 e. The standard InChI is InChI=1S/C22H25N3O4/c1-28-16-5-3-14(4-6-16)18-12-15-11-17(29-2)7-8-19(15)25(22(27)21(18)26)13-20-23-9-10-24-20/h3-8,11,18,21,26H,9-10,12-13H2,1-2H3,(H,23,24)/t18?,21-/m1/s1. The van der Waals surface area contributed by atoms with Gasteiger partial charge < -0.3 is 24.8 Å². The first-order valence-corrected chi connectivity index (χ1v) is 9.68. The van der Waals surface area contributed by atoms with Crippen LogP contribution in [0.3, 0.4) is 0 Å². The number of aliphatic hydroxyl groups is 1. The number of aliphatic hydroxyl groups excluding tert-OH is 1. The summed E-state index contributed by atoms with van der Waals surface area (Å²) in [6.45, 7) is 1.78. The number of nitrogens with zero attached hydrogens (tertiary/aromatic N) is 2. The number of rotatable bonds is 5. The van der Waals surface area contributed by atoms with E-state index in [1.165, 1.54) is 0 Å². The van der Waals surface area contributed by atoms with E-state index in [0.29, 0.717) is 19.5 Å². The van der Waals surface area contributed by atoms with Crippen molar-refractivity contribution in [1.29, 1.82) is 0 Å². The molecule has 7 heteroatoms. The van der Waals surface area contributed by atoms with Gasteiger partial charge >= 0.3 is 0 Å². The van der Waals surface area contributed by atoms with Crippen molar-refractivity contribution in [3.05, 3.63) is 53.6 Å². The van der Waals surface area contributed by atoms with Crippen molar-refractivity contribution >= 4 is 17.4 Å². The van der Waals surface area contributed by atoms with Crippen molar-refractivity contribution in [2.24, 2.45) is 4.99 Å². The summed E-state index contributed by atoms with van der Waals surface area (Å²) in [4.78, 5) is 19.3. The van der Waals surface area contributed by atoms with Crippen LogP contribution in [-0.4, -0.2) is 56.8 Å². The van der Waals surface area contributed by atoms with E-state index in [-0.39, 0.29) is 11.8 Å². The minimum Gasteiger partial charge on any atom is -0.497 e. The summed E-state index contributed by atoms with van der Waals surface area (Å²) in [7, 11) is 3.23. The molecule has 2 aliphatic rings. The number of methoxy groups -OCH3 is 2. The Bertz CT molecular complexity index is 926. The molecule has 1 amide bonds. The highest BCUT2D eigenvalue weighted by Gasteiger charge is 2.37. The maximum atomic E-state index is 13.3. The first-order chi connectivity index (χ1) is 14.1. The second-order valence-corrected chi connectivity index (χ2v) is 7.20. The number of carbonyl (C=O) groups is 1. The van der Waals surface area contributed by atoms with Gasteiger partial charge in [-0.25, -0.2) is 0 Å². The SMILES string of the molecule is COc1ccc(C2Cc3cc(OC)ccc3N(CC3=NCCN3)C(=O)[C@@H]2O)cc1. The second-order valence-electron chi connectivity index (χ2n) is 7.20. The zero-order valence-electron chi connectivity index (χ0n) is 16.6. The fourth-order valence-corrected chi connectivity index (χ4v) is 3.93. The summed E-state index contributed by atoms with van der Waals surface area (Å²) >= 11 is 0. The Morgan fingerprint density at radius 2 is 1.86 bits per heavy atom. The number of amides is 1. The Morgan fingerprint density at radius 3 is 2.52 bits per heavy atom. The van der Waals surface area contributed by atoms with Gasteiger partial charge in [-0.05, 0) is 47.9 Å². The summed E-state index contributed by atoms with van der Waals surface area (Å²) in [5, 5.41) is 14.2. The number of fused-ring (bicyclic) bond motifs is 1. The van der Waals surface area contributed by atoms with Crippen molar-refractivity contribution < 1.29 is 19.4 Å². The molecule has 2 aromatic rings. The molecule has 0 aromatic heterocycles. The van der Waals surface area contributed by atoms with Crippen LogP contribution in [0.4, 0.5) is 5.69 Å². The highest BCUT2D eigenvalue weighted by atomic mass is 16.5. The van der Waals surface area contributed by atoms with Crippen molar-refractivity contribution in [3.8, 4) is 11.5 Å². The molecular formula is C22H25N3O4. The van der Waals surface area contributed by atoms with E-state index < -0.39 is 6.10 Å². The van der Waals surface area contributed by atoms with Gasteiger partial charge in [0.25, 0.3) is 5.91 Å². The number of carbonyl (C=O) groups excluding carboxylic acids is 1. The van der Waals surface area contributed by atoms with Crippen LogP contribution in [0.1, 0.15) is 17.0 Å². The predicted octanol–water partition coefficient (Wildman–Crippen LogP) is 1.74. The van der Waals surface area contributed by atoms with Crippen molar-refractivity contribution in [2.45, 2.75) is 18.4 Å². The molecule has 2 heterocycles. The lowest BCUT2D eigenvalue weighted by Gasteiger charge is -2.25. The summed E-state index contributed by atoms with van der Waals surface area (Å²) in [6.07, 6.45) is -0.647. The first-order valence-electron chi connectivity index (χ1n) is 9.68. The van der Waals surface area contributed by atoms with Gasteiger partial charge in [0.15, 0.2) is 0 Å². The lowest BCUT2D eigenvalue weighted by atomic mass is 9.87. The van der Waals surface area contributed by atoms with Crippen LogP contribution in [0.25, 0.3) is 0 Å². The van der Waals surface area contributed by atoms with Gasteiger partial charge in [0.2, 0.25) is 0 Å². The zero-order valence-corrected chi connectivity index (χ0v) is 16.6. The quantitative estimate of drug-likeness (QED) is 0.806. The number of benzene rings is 2. The maximum Gasteiger partial charge on any atom is 0.256 e. The Labute approximate surface area is 170 Å². The van der Waals surface area contributed by atoms with E-state index in [9.17, 15) is 9.90 Å². The third kappa shape index (κ3) is 3.78. The van der Waals surface area contributed by atoms with E-state index in [1.807, 2.05) is 42.5 Å². The highest BCUT2D eigenvalue weighted by Crippen LogP contribution is 2.37. The van der Waals surface area contributed by atoms with Gasteiger partial charge in [0.05, 0.1) is 27.3 Å². The van der Waals surface area contributed by atoms with E-state index >= 15 is 0 Å². The molecule has 1 unspecified atom stereocenters. The molecule has 0 bridgehead atoms. The average molecular weight is 395 g/mol. The predicted molar refractivity (Wildman–Crippen MR) is 111 cm³/mol. The Kier molecular flexibility index (Phi) is 5.40. The smallest absolute Gasteiger partial charge is 0.256 e. The summed E-state index contributed by atoms with van der Waals surface area (Å²) in [5.74, 6) is 1.51. The molecule has 0 saturated carbocycles. The fourth-order valence-electron chi connectivity index (χ4n) is 3.93. The highest BCUT2D eigenvalue weighted by molar-refractivity contribution is 6.04. The van der Waals surface area contributed by atoms with Gasteiger partial charge in [-0.3, -0.25) is 9.79 Å². The number of nitrogens with one attached hydrogen (secondary N) is 1. The van der Waals surface area contributed by atoms with Crippen molar-refractivity contribution in [2.75, 3.05) is 38.8 Å². The Hall–Kier alpha value is -3.06. The van der Waals surface area contributed by atoms with Crippen LogP contribution < -0.4 is 19.7 Å². The lowest BCUT2D eigenvalue weighted by Crippen LogP contribution is -2.45. The van der Waals surface area contributed by atoms with Crippen LogP contribution in [0.5, 0.6) is 11.5 Å². The van der Waals surface area contributed by atoms with E-state index in [0.717, 1.165) is 40.7 Å². The van der Waals surface area contributed by atoms with Gasteiger partial charge in [0.1, 0.15) is 23.4 Å². The maximum absolute atomic E-state index is 13.3. The average Bonchev–Trinajstić information content (AvgIpc) is 3.25. The van der Waals surface area contributed by atoms with Crippen LogP contribution in [0.2, 0.25) is 0 Å². The van der Waals surface area contributed by atoms with Crippen LogP contribution in [0, 0.1) is 0 Å². The van der Waals surface area contributed by atoms with Crippen LogP contribution in [0.15, 0.2) is 47.5 Å². The minimum absolute atomic E-state index is 0.310. The number of hydrogen-bond donors (Lipinski definition) is 2. The monoisotopic (exact) mass is 395 g/mol. The summed E-state index contributed by atoms with van der Waals surface area (Å²) in [5.41, 5.74) is 2.62. The Balaban J connectivity index is 1.74. The number of amidine groups is 1. The van der Waals surface area contributed by atoms with E-state index in [4.69, 9.17) is 9.47 Å². The van der Waals surface area contributed by atoms with Crippen molar-refractivity contribution in [1.82, 2.24) is 5.32 Å². The van der Waals surface area contributed by atoms with Gasteiger partial charge in [-0.1, -0.05) is 12.1 Å². The number of anilines is 1. The molecule has 2 atom stereocenters. The molecular weight excluding hydrogens is 370 g/mol.